The van der Waals surface area contributed by atoms with Crippen molar-refractivity contribution in [2.45, 2.75) is 24.9 Å². The van der Waals surface area contributed by atoms with Gasteiger partial charge in [0.15, 0.2) is 0 Å². The van der Waals surface area contributed by atoms with Crippen molar-refractivity contribution < 1.29 is 18.4 Å². The Morgan fingerprint density at radius 2 is 1.81 bits per heavy atom. The third kappa shape index (κ3) is 3.72. The van der Waals surface area contributed by atoms with Crippen LogP contribution in [0, 0.1) is 11.6 Å². The number of hydrogen-bond acceptors (Lipinski definition) is 3. The highest BCUT2D eigenvalue weighted by atomic mass is 19.1. The lowest BCUT2D eigenvalue weighted by Crippen LogP contribution is -2.42. The molecular formula is C19H19F2N3O2. The van der Waals surface area contributed by atoms with Gasteiger partial charge in [-0.3, -0.25) is 9.59 Å². The molecule has 7 heteroatoms. The molecule has 3 rings (SSSR count). The number of anilines is 1. The molecule has 0 bridgehead atoms. The van der Waals surface area contributed by atoms with Gasteiger partial charge in [0, 0.05) is 19.0 Å². The molecule has 1 heterocycles. The second-order valence-electron chi connectivity index (χ2n) is 6.19. The Morgan fingerprint density at radius 1 is 1.15 bits per heavy atom. The van der Waals surface area contributed by atoms with Gasteiger partial charge in [0.2, 0.25) is 11.8 Å². The Morgan fingerprint density at radius 3 is 2.46 bits per heavy atom. The third-order valence-electron chi connectivity index (χ3n) is 4.38. The van der Waals surface area contributed by atoms with Gasteiger partial charge < -0.3 is 16.0 Å². The molecule has 1 aliphatic rings. The van der Waals surface area contributed by atoms with Crippen LogP contribution in [0.5, 0.6) is 0 Å². The maximum Gasteiger partial charge on any atom is 0.249 e. The number of para-hydroxylation sites is 1. The highest BCUT2D eigenvalue weighted by molar-refractivity contribution is 6.01. The van der Waals surface area contributed by atoms with E-state index < -0.39 is 29.6 Å². The molecule has 0 saturated carbocycles. The molecule has 1 aliphatic heterocycles. The van der Waals surface area contributed by atoms with Crippen LogP contribution in [0.15, 0.2) is 48.5 Å². The number of amides is 2. The first-order valence-corrected chi connectivity index (χ1v) is 8.32. The molecule has 0 spiro atoms. The van der Waals surface area contributed by atoms with Crippen molar-refractivity contribution in [3.63, 3.8) is 0 Å². The predicted molar refractivity (Wildman–Crippen MR) is 93.2 cm³/mol. The molecule has 0 aliphatic carbocycles. The zero-order chi connectivity index (χ0) is 18.7. The summed E-state index contributed by atoms with van der Waals surface area (Å²) in [5.41, 5.74) is 6.44. The number of carbonyl (C=O) groups is 2. The van der Waals surface area contributed by atoms with Gasteiger partial charge in [0.1, 0.15) is 23.4 Å². The average molecular weight is 359 g/mol. The normalized spacial score (nSPS) is 18.0. The summed E-state index contributed by atoms with van der Waals surface area (Å²) in [4.78, 5) is 25.7. The Balaban J connectivity index is 1.63. The summed E-state index contributed by atoms with van der Waals surface area (Å²) >= 11 is 0. The number of hydrogen-bond donors (Lipinski definition) is 2. The lowest BCUT2D eigenvalue weighted by atomic mass is 10.0. The summed E-state index contributed by atoms with van der Waals surface area (Å²) in [6.45, 7) is 0.131. The van der Waals surface area contributed by atoms with E-state index in [9.17, 15) is 18.4 Å². The fourth-order valence-corrected chi connectivity index (χ4v) is 3.05. The summed E-state index contributed by atoms with van der Waals surface area (Å²) in [6.07, 6.45) is 0.292. The lowest BCUT2D eigenvalue weighted by molar-refractivity contribution is -0.126. The number of nitrogens with zero attached hydrogens (tertiary/aromatic N) is 1. The highest BCUT2D eigenvalue weighted by Crippen LogP contribution is 2.27. The third-order valence-corrected chi connectivity index (χ3v) is 4.38. The smallest absolute Gasteiger partial charge is 0.249 e. The molecule has 1 saturated heterocycles. The number of carbonyl (C=O) groups excluding carboxylic acids is 2. The summed E-state index contributed by atoms with van der Waals surface area (Å²) in [7, 11) is 0. The minimum Gasteiger partial charge on any atom is -0.344 e. The largest absolute Gasteiger partial charge is 0.344 e. The van der Waals surface area contributed by atoms with E-state index in [0.717, 1.165) is 22.6 Å². The van der Waals surface area contributed by atoms with Crippen molar-refractivity contribution >= 4 is 17.5 Å². The quantitative estimate of drug-likeness (QED) is 0.860. The van der Waals surface area contributed by atoms with Gasteiger partial charge >= 0.3 is 0 Å². The molecule has 5 nitrogen and oxygen atoms in total. The van der Waals surface area contributed by atoms with Crippen molar-refractivity contribution in [1.82, 2.24) is 5.32 Å². The minimum atomic E-state index is -0.815. The van der Waals surface area contributed by atoms with Crippen LogP contribution in [0.2, 0.25) is 0 Å². The highest BCUT2D eigenvalue weighted by Gasteiger charge is 2.36. The SMILES string of the molecule is NC(CC(=O)NC1CCN(c2c(F)cccc2F)C1=O)c1ccccc1. The summed E-state index contributed by atoms with van der Waals surface area (Å²) < 4.78 is 27.8. The van der Waals surface area contributed by atoms with Crippen molar-refractivity contribution in [3.05, 3.63) is 65.7 Å². The Bertz CT molecular complexity index is 793. The van der Waals surface area contributed by atoms with Crippen LogP contribution < -0.4 is 16.0 Å². The number of rotatable bonds is 5. The zero-order valence-electron chi connectivity index (χ0n) is 14.0. The van der Waals surface area contributed by atoms with Crippen LogP contribution >= 0.6 is 0 Å². The first kappa shape index (κ1) is 18.0. The molecule has 136 valence electrons. The Labute approximate surface area is 149 Å². The first-order chi connectivity index (χ1) is 12.5. The van der Waals surface area contributed by atoms with Gasteiger partial charge in [0.25, 0.3) is 0 Å². The molecule has 0 aromatic heterocycles. The van der Waals surface area contributed by atoms with Crippen LogP contribution in [-0.4, -0.2) is 24.4 Å². The number of nitrogens with two attached hydrogens (primary N) is 1. The number of nitrogens with one attached hydrogen (secondary N) is 1. The molecule has 2 amide bonds. The Hall–Kier alpha value is -2.80. The average Bonchev–Trinajstić information content (AvgIpc) is 2.96. The van der Waals surface area contributed by atoms with Crippen LogP contribution in [0.25, 0.3) is 0 Å². The number of halogens is 2. The topological polar surface area (TPSA) is 75.4 Å². The van der Waals surface area contributed by atoms with Crippen LogP contribution in [-0.2, 0) is 9.59 Å². The second kappa shape index (κ2) is 7.61. The van der Waals surface area contributed by atoms with E-state index in [0.29, 0.717) is 0 Å². The van der Waals surface area contributed by atoms with Crippen LogP contribution in [0.1, 0.15) is 24.4 Å². The summed E-state index contributed by atoms with van der Waals surface area (Å²) in [5.74, 6) is -2.53. The molecule has 2 aromatic rings. The molecule has 3 N–H and O–H groups in total. The monoisotopic (exact) mass is 359 g/mol. The lowest BCUT2D eigenvalue weighted by Gasteiger charge is -2.19. The minimum absolute atomic E-state index is 0.0157. The fourth-order valence-electron chi connectivity index (χ4n) is 3.05. The van der Waals surface area contributed by atoms with Gasteiger partial charge in [-0.2, -0.15) is 0 Å². The van der Waals surface area contributed by atoms with E-state index in [1.165, 1.54) is 6.07 Å². The zero-order valence-corrected chi connectivity index (χ0v) is 14.0. The van der Waals surface area contributed by atoms with E-state index in [1.807, 2.05) is 30.3 Å². The number of benzene rings is 2. The maximum atomic E-state index is 13.9. The molecular weight excluding hydrogens is 340 g/mol. The van der Waals surface area contributed by atoms with Crippen molar-refractivity contribution in [2.75, 3.05) is 11.4 Å². The van der Waals surface area contributed by atoms with E-state index in [4.69, 9.17) is 5.73 Å². The van der Waals surface area contributed by atoms with E-state index in [2.05, 4.69) is 5.32 Å². The molecule has 2 unspecified atom stereocenters. The predicted octanol–water partition coefficient (Wildman–Crippen LogP) is 2.28. The van der Waals surface area contributed by atoms with Crippen LogP contribution in [0.4, 0.5) is 14.5 Å². The maximum absolute atomic E-state index is 13.9. The van der Waals surface area contributed by atoms with Gasteiger partial charge in [-0.25, -0.2) is 8.78 Å². The molecule has 1 fully saturated rings. The Kier molecular flexibility index (Phi) is 5.27. The van der Waals surface area contributed by atoms with Gasteiger partial charge in [0.05, 0.1) is 0 Å². The van der Waals surface area contributed by atoms with E-state index in [1.54, 1.807) is 0 Å². The standard InChI is InChI=1S/C19H19F2N3O2/c20-13-7-4-8-14(21)18(13)24-10-9-16(19(24)26)23-17(25)11-15(22)12-5-2-1-3-6-12/h1-8,15-16H,9-11,22H2,(H,23,25). The molecule has 0 radical (unpaired) electrons. The van der Waals surface area contributed by atoms with Gasteiger partial charge in [-0.15, -0.1) is 0 Å². The van der Waals surface area contributed by atoms with Crippen molar-refractivity contribution in [2.24, 2.45) is 5.73 Å². The fraction of sp³-hybridized carbons (Fsp3) is 0.263. The second-order valence-corrected chi connectivity index (χ2v) is 6.19. The van der Waals surface area contributed by atoms with Gasteiger partial charge in [-0.05, 0) is 24.1 Å². The van der Waals surface area contributed by atoms with Gasteiger partial charge in [-0.1, -0.05) is 36.4 Å². The van der Waals surface area contributed by atoms with Crippen LogP contribution in [0.3, 0.4) is 0 Å². The summed E-state index contributed by atoms with van der Waals surface area (Å²) in [6, 6.07) is 11.3. The van der Waals surface area contributed by atoms with Crippen molar-refractivity contribution in [3.8, 4) is 0 Å². The molecule has 26 heavy (non-hydrogen) atoms. The molecule has 2 aromatic carbocycles. The molecule has 2 atom stereocenters. The first-order valence-electron chi connectivity index (χ1n) is 8.32. The van der Waals surface area contributed by atoms with E-state index >= 15 is 0 Å². The van der Waals surface area contributed by atoms with Crippen molar-refractivity contribution in [1.29, 1.82) is 0 Å². The van der Waals surface area contributed by atoms with E-state index in [-0.39, 0.29) is 31.0 Å². The summed E-state index contributed by atoms with van der Waals surface area (Å²) in [5, 5.41) is 2.61.